The molecule has 0 N–H and O–H groups in total. The molecule has 2 unspecified atom stereocenters. The average Bonchev–Trinajstić information content (AvgIpc) is 3.11. The van der Waals surface area contributed by atoms with Crippen LogP contribution in [0, 0.1) is 0 Å². The first-order chi connectivity index (χ1) is 17.8. The number of unbranched alkanes of at least 4 members (excludes halogenated alkanes) is 3. The van der Waals surface area contributed by atoms with Crippen LogP contribution in [0.2, 0.25) is 13.3 Å². The number of halogens is 3. The number of rotatable bonds is 11. The summed E-state index contributed by atoms with van der Waals surface area (Å²) < 4.78 is 52.5. The van der Waals surface area contributed by atoms with Crippen LogP contribution in [0.3, 0.4) is 0 Å². The normalized spacial score (nSPS) is 20.2. The third-order valence-corrected chi connectivity index (χ3v) is 23.2. The average molecular weight is 646 g/mol. The summed E-state index contributed by atoms with van der Waals surface area (Å²) in [6, 6.07) is 2.61. The monoisotopic (exact) mass is 647 g/mol. The van der Waals surface area contributed by atoms with Crippen LogP contribution in [0.1, 0.15) is 98.5 Å². The molecule has 0 spiro atoms. The molecule has 2 bridgehead atoms. The molecule has 1 amide bonds. The Morgan fingerprint density at radius 3 is 1.87 bits per heavy atom. The van der Waals surface area contributed by atoms with E-state index in [-0.39, 0.29) is 18.2 Å². The number of alkyl halides is 3. The van der Waals surface area contributed by atoms with Gasteiger partial charge in [-0.2, -0.15) is 0 Å². The third-order valence-electron chi connectivity index (χ3n) is 8.11. The molecular formula is C29H48F3N3O2Sn. The number of hydrogen-bond donors (Lipinski definition) is 0. The summed E-state index contributed by atoms with van der Waals surface area (Å²) >= 11 is -3.21. The Balaban J connectivity index is 2.02. The Kier molecular flexibility index (Phi) is 10.7. The fraction of sp³-hybridized carbons (Fsp3) is 0.793. The van der Waals surface area contributed by atoms with Gasteiger partial charge in [-0.15, -0.1) is 0 Å². The van der Waals surface area contributed by atoms with Crippen molar-refractivity contribution in [3.63, 3.8) is 0 Å². The molecule has 0 radical (unpaired) electrons. The molecule has 2 aliphatic rings. The van der Waals surface area contributed by atoms with Crippen molar-refractivity contribution in [1.29, 1.82) is 0 Å². The zero-order valence-corrected chi connectivity index (χ0v) is 27.1. The molecule has 9 heteroatoms. The van der Waals surface area contributed by atoms with Gasteiger partial charge in [0.05, 0.1) is 0 Å². The summed E-state index contributed by atoms with van der Waals surface area (Å²) in [5.41, 5.74) is -1.15. The van der Waals surface area contributed by atoms with Crippen molar-refractivity contribution in [3.05, 3.63) is 17.7 Å². The third kappa shape index (κ3) is 7.72. The summed E-state index contributed by atoms with van der Waals surface area (Å²) in [7, 11) is 0. The molecule has 5 nitrogen and oxygen atoms in total. The molecule has 0 aliphatic carbocycles. The van der Waals surface area contributed by atoms with E-state index in [2.05, 4.69) is 25.7 Å². The van der Waals surface area contributed by atoms with Crippen molar-refractivity contribution in [1.82, 2.24) is 9.88 Å². The molecule has 3 rings (SSSR count). The fourth-order valence-electron chi connectivity index (χ4n) is 6.14. The number of aromatic nitrogens is 1. The van der Waals surface area contributed by atoms with E-state index >= 15 is 0 Å². The Morgan fingerprint density at radius 1 is 0.947 bits per heavy atom. The summed E-state index contributed by atoms with van der Waals surface area (Å²) in [5.74, 6) is 0.469. The number of carbonyl (C=O) groups is 1. The van der Waals surface area contributed by atoms with Gasteiger partial charge in [0.25, 0.3) is 0 Å². The van der Waals surface area contributed by atoms with Gasteiger partial charge in [-0.05, 0) is 0 Å². The molecule has 216 valence electrons. The van der Waals surface area contributed by atoms with Crippen LogP contribution < -0.4 is 8.61 Å². The van der Waals surface area contributed by atoms with Gasteiger partial charge in [-0.25, -0.2) is 0 Å². The minimum atomic E-state index is -4.41. The number of piperazine rings is 1. The van der Waals surface area contributed by atoms with Crippen LogP contribution in [-0.2, 0) is 10.9 Å². The van der Waals surface area contributed by atoms with Gasteiger partial charge < -0.3 is 0 Å². The zero-order valence-electron chi connectivity index (χ0n) is 24.3. The van der Waals surface area contributed by atoms with E-state index in [0.29, 0.717) is 18.9 Å². The predicted octanol–water partition coefficient (Wildman–Crippen LogP) is 7.74. The molecule has 3 heterocycles. The van der Waals surface area contributed by atoms with Gasteiger partial charge in [-0.3, -0.25) is 0 Å². The van der Waals surface area contributed by atoms with E-state index in [1.54, 1.807) is 4.90 Å². The first-order valence-corrected chi connectivity index (χ1v) is 22.2. The molecule has 0 aromatic carbocycles. The van der Waals surface area contributed by atoms with Crippen LogP contribution in [0.4, 0.5) is 23.8 Å². The Labute approximate surface area is 231 Å². The fourth-order valence-corrected chi connectivity index (χ4v) is 21.6. The number of hydrogen-bond acceptors (Lipinski definition) is 4. The maximum absolute atomic E-state index is 14.3. The van der Waals surface area contributed by atoms with E-state index < -0.39 is 35.7 Å². The molecule has 2 saturated heterocycles. The van der Waals surface area contributed by atoms with Crippen molar-refractivity contribution < 1.29 is 22.7 Å². The van der Waals surface area contributed by atoms with E-state index in [1.165, 1.54) is 12.1 Å². The summed E-state index contributed by atoms with van der Waals surface area (Å²) in [4.78, 5) is 21.8. The molecule has 1 aromatic heterocycles. The van der Waals surface area contributed by atoms with Crippen LogP contribution in [0.15, 0.2) is 12.1 Å². The second-order valence-corrected chi connectivity index (χ2v) is 25.4. The van der Waals surface area contributed by atoms with Crippen LogP contribution in [0.25, 0.3) is 0 Å². The summed E-state index contributed by atoms with van der Waals surface area (Å²) in [6.45, 7) is 12.9. The molecule has 1 aromatic rings. The SMILES string of the molecule is CCC[CH2][Sn]([CH2]CCC)([CH2]CCC)[c]1cc(C(F)(F)F)cc(N2C3CCC2CN(C(=O)OC(C)(C)C)C3)n1. The predicted molar refractivity (Wildman–Crippen MR) is 151 cm³/mol. The van der Waals surface area contributed by atoms with Crippen molar-refractivity contribution >= 4 is 34.0 Å². The number of nitrogens with zero attached hydrogens (tertiary/aromatic N) is 3. The summed E-state index contributed by atoms with van der Waals surface area (Å²) in [5, 5.41) is 0. The number of ether oxygens (including phenoxy) is 1. The molecule has 38 heavy (non-hydrogen) atoms. The molecule has 2 atom stereocenters. The maximum atomic E-state index is 14.3. The van der Waals surface area contributed by atoms with Crippen molar-refractivity contribution in [2.45, 2.75) is 130 Å². The van der Waals surface area contributed by atoms with Gasteiger partial charge in [0, 0.05) is 0 Å². The van der Waals surface area contributed by atoms with E-state index in [4.69, 9.17) is 9.72 Å². The van der Waals surface area contributed by atoms with E-state index in [9.17, 15) is 18.0 Å². The second kappa shape index (κ2) is 13.0. The van der Waals surface area contributed by atoms with Gasteiger partial charge in [0.2, 0.25) is 0 Å². The van der Waals surface area contributed by atoms with Crippen LogP contribution in [-0.4, -0.2) is 65.1 Å². The topological polar surface area (TPSA) is 45.7 Å². The van der Waals surface area contributed by atoms with E-state index in [0.717, 1.165) is 68.4 Å². The zero-order chi connectivity index (χ0) is 28.1. The minimum absolute atomic E-state index is 0.0448. The Hall–Kier alpha value is -1.19. The quantitative estimate of drug-likeness (QED) is 0.231. The first-order valence-electron chi connectivity index (χ1n) is 14.7. The standard InChI is InChI=1S/C17H21F3N3O2.3C4H9.Sn/c1-16(2,3)25-15(24)22-9-12-4-5-13(10-22)23(12)14-8-11(6-7-21-14)17(18,19)20;3*1-3-4-2;/h6,8,12-13H,4-5,9-10H2,1-3H3;3*1,3-4H2,2H3;. The van der Waals surface area contributed by atoms with Gasteiger partial charge in [0.15, 0.2) is 0 Å². The van der Waals surface area contributed by atoms with Crippen molar-refractivity contribution in [3.8, 4) is 0 Å². The molecular weight excluding hydrogens is 598 g/mol. The van der Waals surface area contributed by atoms with Crippen molar-refractivity contribution in [2.24, 2.45) is 0 Å². The number of anilines is 1. The Bertz CT molecular complexity index is 899. The molecule has 2 aliphatic heterocycles. The molecule has 0 saturated carbocycles. The number of carbonyl (C=O) groups excluding carboxylic acids is 1. The number of pyridine rings is 1. The van der Waals surface area contributed by atoms with Crippen molar-refractivity contribution in [2.75, 3.05) is 18.0 Å². The Morgan fingerprint density at radius 2 is 1.45 bits per heavy atom. The van der Waals surface area contributed by atoms with E-state index in [1.807, 2.05) is 20.8 Å². The number of fused-ring (bicyclic) bond motifs is 2. The van der Waals surface area contributed by atoms with Crippen LogP contribution in [0.5, 0.6) is 0 Å². The number of amides is 1. The second-order valence-electron chi connectivity index (χ2n) is 12.4. The number of likely N-dealkylation sites (tertiary alicyclic amines) is 1. The van der Waals surface area contributed by atoms with Gasteiger partial charge in [-0.1, -0.05) is 0 Å². The van der Waals surface area contributed by atoms with Gasteiger partial charge >= 0.3 is 232 Å². The van der Waals surface area contributed by atoms with Gasteiger partial charge in [0.1, 0.15) is 0 Å². The molecule has 2 fully saturated rings. The van der Waals surface area contributed by atoms with Crippen LogP contribution >= 0.6 is 0 Å². The summed E-state index contributed by atoms with van der Waals surface area (Å²) in [6.07, 6.45) is 3.28. The first kappa shape index (κ1) is 31.3.